The molecule has 2 nitrogen and oxygen atoms in total. The van der Waals surface area contributed by atoms with Crippen LogP contribution in [0.5, 0.6) is 0 Å². The molecule has 0 N–H and O–H groups in total. The lowest BCUT2D eigenvalue weighted by Crippen LogP contribution is -2.26. The first-order valence-corrected chi connectivity index (χ1v) is 3.97. The van der Waals surface area contributed by atoms with Gasteiger partial charge in [-0.1, -0.05) is 0 Å². The van der Waals surface area contributed by atoms with Crippen LogP contribution >= 0.6 is 11.8 Å². The average molecular weight is 142 g/mol. The highest BCUT2D eigenvalue weighted by Crippen LogP contribution is 2.41. The summed E-state index contributed by atoms with van der Waals surface area (Å²) in [5.74, 6) is -0.257. The predicted molar refractivity (Wildman–Crippen MR) is 34.4 cm³/mol. The molecule has 2 rings (SSSR count). The molecule has 0 saturated carbocycles. The van der Waals surface area contributed by atoms with Crippen molar-refractivity contribution in [2.45, 2.75) is 23.3 Å². The van der Waals surface area contributed by atoms with Gasteiger partial charge >= 0.3 is 0 Å². The van der Waals surface area contributed by atoms with Crippen molar-refractivity contribution in [1.29, 1.82) is 0 Å². The molecular formula is C6H6O2S. The summed E-state index contributed by atoms with van der Waals surface area (Å²) in [6, 6.07) is 0. The molecule has 0 spiro atoms. The Bertz CT molecular complexity index is 167. The maximum atomic E-state index is 10.8. The zero-order valence-electron chi connectivity index (χ0n) is 4.79. The van der Waals surface area contributed by atoms with E-state index >= 15 is 0 Å². The van der Waals surface area contributed by atoms with Crippen LogP contribution in [0.25, 0.3) is 0 Å². The molecule has 0 aromatic carbocycles. The number of fused-ring (bicyclic) bond motifs is 2. The van der Waals surface area contributed by atoms with Gasteiger partial charge in [-0.05, 0) is 12.8 Å². The van der Waals surface area contributed by atoms with Crippen LogP contribution in [0.2, 0.25) is 0 Å². The lowest BCUT2D eigenvalue weighted by Gasteiger charge is -2.01. The van der Waals surface area contributed by atoms with Crippen LogP contribution in [0.4, 0.5) is 0 Å². The quantitative estimate of drug-likeness (QED) is 0.459. The van der Waals surface area contributed by atoms with E-state index in [0.717, 1.165) is 12.8 Å². The largest absolute Gasteiger partial charge is 0.290 e. The Morgan fingerprint density at radius 2 is 1.56 bits per heavy atom. The highest BCUT2D eigenvalue weighted by atomic mass is 32.2. The SMILES string of the molecule is O=C1C(=O)C2CCC1S2. The van der Waals surface area contributed by atoms with Gasteiger partial charge in [0.05, 0.1) is 10.5 Å². The number of carbonyl (C=O) groups is 2. The summed E-state index contributed by atoms with van der Waals surface area (Å²) in [4.78, 5) is 21.6. The van der Waals surface area contributed by atoms with E-state index in [9.17, 15) is 9.59 Å². The normalized spacial score (nSPS) is 40.4. The fraction of sp³-hybridized carbons (Fsp3) is 0.667. The third-order valence-electron chi connectivity index (χ3n) is 1.85. The minimum absolute atomic E-state index is 0.0440. The molecule has 3 heteroatoms. The van der Waals surface area contributed by atoms with Gasteiger partial charge < -0.3 is 0 Å². The van der Waals surface area contributed by atoms with Crippen molar-refractivity contribution in [1.82, 2.24) is 0 Å². The second-order valence-corrected chi connectivity index (χ2v) is 3.83. The summed E-state index contributed by atoms with van der Waals surface area (Å²) in [6.45, 7) is 0. The fourth-order valence-electron chi connectivity index (χ4n) is 1.34. The second kappa shape index (κ2) is 1.59. The Labute approximate surface area is 57.0 Å². The number of hydrogen-bond donors (Lipinski definition) is 0. The highest BCUT2D eigenvalue weighted by molar-refractivity contribution is 8.03. The zero-order valence-corrected chi connectivity index (χ0v) is 5.61. The molecule has 2 unspecified atom stereocenters. The Morgan fingerprint density at radius 3 is 1.78 bits per heavy atom. The van der Waals surface area contributed by atoms with Gasteiger partial charge in [0, 0.05) is 0 Å². The Hall–Kier alpha value is -0.310. The van der Waals surface area contributed by atoms with Crippen LogP contribution in [0.3, 0.4) is 0 Å². The third kappa shape index (κ3) is 0.582. The molecule has 0 radical (unpaired) electrons. The molecule has 0 aromatic heterocycles. The van der Waals surface area contributed by atoms with Gasteiger partial charge in [0.25, 0.3) is 0 Å². The van der Waals surface area contributed by atoms with E-state index < -0.39 is 0 Å². The summed E-state index contributed by atoms with van der Waals surface area (Å²) in [5, 5.41) is 0.0880. The molecule has 2 fully saturated rings. The minimum Gasteiger partial charge on any atom is -0.290 e. The fourth-order valence-corrected chi connectivity index (χ4v) is 2.76. The monoisotopic (exact) mass is 142 g/mol. The van der Waals surface area contributed by atoms with Crippen LogP contribution in [-0.2, 0) is 9.59 Å². The van der Waals surface area contributed by atoms with Gasteiger partial charge in [-0.15, -0.1) is 11.8 Å². The van der Waals surface area contributed by atoms with Crippen LogP contribution in [0.1, 0.15) is 12.8 Å². The summed E-state index contributed by atoms with van der Waals surface area (Å²) in [5.41, 5.74) is 0. The van der Waals surface area contributed by atoms with Crippen molar-refractivity contribution in [3.63, 3.8) is 0 Å². The lowest BCUT2D eigenvalue weighted by atomic mass is 9.98. The summed E-state index contributed by atoms with van der Waals surface area (Å²) in [7, 11) is 0. The van der Waals surface area contributed by atoms with Crippen molar-refractivity contribution in [2.75, 3.05) is 0 Å². The molecule has 2 heterocycles. The number of ketones is 2. The van der Waals surface area contributed by atoms with E-state index in [4.69, 9.17) is 0 Å². The number of hydrogen-bond acceptors (Lipinski definition) is 3. The van der Waals surface area contributed by atoms with E-state index in [2.05, 4.69) is 0 Å². The smallest absolute Gasteiger partial charge is 0.212 e. The molecule has 9 heavy (non-hydrogen) atoms. The minimum atomic E-state index is -0.128. The van der Waals surface area contributed by atoms with Crippen molar-refractivity contribution < 1.29 is 9.59 Å². The summed E-state index contributed by atoms with van der Waals surface area (Å²) in [6.07, 6.45) is 1.86. The number of thioether (sulfide) groups is 1. The molecule has 0 aromatic rings. The van der Waals surface area contributed by atoms with Gasteiger partial charge in [-0.2, -0.15) is 0 Å². The van der Waals surface area contributed by atoms with E-state index in [1.165, 1.54) is 0 Å². The maximum absolute atomic E-state index is 10.8. The molecule has 2 atom stereocenters. The number of Topliss-reactive ketones (excluding diaryl/α,β-unsaturated/α-hetero) is 2. The van der Waals surface area contributed by atoms with Crippen LogP contribution in [0, 0.1) is 0 Å². The maximum Gasteiger partial charge on any atom is 0.212 e. The Morgan fingerprint density at radius 1 is 1.11 bits per heavy atom. The topological polar surface area (TPSA) is 34.1 Å². The number of rotatable bonds is 0. The molecule has 48 valence electrons. The van der Waals surface area contributed by atoms with Gasteiger partial charge in [-0.25, -0.2) is 0 Å². The van der Waals surface area contributed by atoms with Crippen molar-refractivity contribution in [3.8, 4) is 0 Å². The second-order valence-electron chi connectivity index (χ2n) is 2.42. The molecular weight excluding hydrogens is 136 g/mol. The predicted octanol–water partition coefficient (Wildman–Crippen LogP) is 0.402. The van der Waals surface area contributed by atoms with Crippen LogP contribution in [-0.4, -0.2) is 22.1 Å². The third-order valence-corrected chi connectivity index (χ3v) is 3.40. The van der Waals surface area contributed by atoms with Gasteiger partial charge in [0.2, 0.25) is 11.6 Å². The van der Waals surface area contributed by atoms with Gasteiger partial charge in [0.1, 0.15) is 0 Å². The molecule has 2 aliphatic heterocycles. The molecule has 2 bridgehead atoms. The van der Waals surface area contributed by atoms with E-state index in [0.29, 0.717) is 0 Å². The Kier molecular flexibility index (Phi) is 0.970. The van der Waals surface area contributed by atoms with E-state index in [1.807, 2.05) is 0 Å². The van der Waals surface area contributed by atoms with E-state index in [1.54, 1.807) is 11.8 Å². The lowest BCUT2D eigenvalue weighted by molar-refractivity contribution is -0.136. The standard InChI is InChI=1S/C6H6O2S/c7-5-3-1-2-4(9-3)6(5)8/h3-4H,1-2H2. The Balaban J connectivity index is 2.35. The first-order chi connectivity index (χ1) is 4.29. The average Bonchev–Trinajstić information content (AvgIpc) is 2.37. The first kappa shape index (κ1) is 5.47. The van der Waals surface area contributed by atoms with Gasteiger partial charge in [0.15, 0.2) is 0 Å². The molecule has 2 saturated heterocycles. The molecule has 2 aliphatic rings. The van der Waals surface area contributed by atoms with Crippen molar-refractivity contribution in [2.24, 2.45) is 0 Å². The van der Waals surface area contributed by atoms with Crippen molar-refractivity contribution in [3.05, 3.63) is 0 Å². The molecule has 0 amide bonds. The van der Waals surface area contributed by atoms with Gasteiger partial charge in [-0.3, -0.25) is 9.59 Å². The summed E-state index contributed by atoms with van der Waals surface area (Å²) < 4.78 is 0. The van der Waals surface area contributed by atoms with E-state index in [-0.39, 0.29) is 22.1 Å². The summed E-state index contributed by atoms with van der Waals surface area (Å²) >= 11 is 1.55. The first-order valence-electron chi connectivity index (χ1n) is 3.02. The molecule has 0 aliphatic carbocycles. The highest BCUT2D eigenvalue weighted by Gasteiger charge is 2.46. The van der Waals surface area contributed by atoms with Crippen LogP contribution in [0.15, 0.2) is 0 Å². The van der Waals surface area contributed by atoms with Crippen LogP contribution < -0.4 is 0 Å². The zero-order chi connectivity index (χ0) is 6.43. The number of carbonyl (C=O) groups excluding carboxylic acids is 2. The van der Waals surface area contributed by atoms with Crippen molar-refractivity contribution >= 4 is 23.3 Å².